The van der Waals surface area contributed by atoms with Crippen molar-refractivity contribution in [1.29, 1.82) is 0 Å². The van der Waals surface area contributed by atoms with E-state index in [0.29, 0.717) is 18.4 Å². The van der Waals surface area contributed by atoms with E-state index in [9.17, 15) is 4.79 Å². The van der Waals surface area contributed by atoms with Gasteiger partial charge in [0.15, 0.2) is 5.60 Å². The minimum absolute atomic E-state index is 0.153. The average Bonchev–Trinajstić information content (AvgIpc) is 2.86. The van der Waals surface area contributed by atoms with Crippen LogP contribution in [0.25, 0.3) is 0 Å². The van der Waals surface area contributed by atoms with Crippen molar-refractivity contribution in [3.8, 4) is 0 Å². The van der Waals surface area contributed by atoms with Gasteiger partial charge in [-0.25, -0.2) is 4.79 Å². The van der Waals surface area contributed by atoms with Gasteiger partial charge < -0.3 is 9.47 Å². The van der Waals surface area contributed by atoms with Gasteiger partial charge in [-0.1, -0.05) is 20.8 Å². The molecule has 0 N–H and O–H groups in total. The van der Waals surface area contributed by atoms with Gasteiger partial charge in [0.1, 0.15) is 5.60 Å². The summed E-state index contributed by atoms with van der Waals surface area (Å²) in [5, 5.41) is 0. The lowest BCUT2D eigenvalue weighted by Gasteiger charge is -2.37. The SMILES string of the molecule is CCOC(=O)C1(CC)OC12CC(C(C)C)C2. The van der Waals surface area contributed by atoms with E-state index in [2.05, 4.69) is 13.8 Å². The molecule has 1 atom stereocenters. The Balaban J connectivity index is 1.99. The highest BCUT2D eigenvalue weighted by atomic mass is 16.7. The topological polar surface area (TPSA) is 38.8 Å². The van der Waals surface area contributed by atoms with Crippen LogP contribution in [0.3, 0.4) is 0 Å². The second kappa shape index (κ2) is 3.73. The van der Waals surface area contributed by atoms with Crippen LogP contribution < -0.4 is 0 Å². The summed E-state index contributed by atoms with van der Waals surface area (Å²) in [6, 6.07) is 0. The maximum atomic E-state index is 11.9. The molecule has 3 nitrogen and oxygen atoms in total. The summed E-state index contributed by atoms with van der Waals surface area (Å²) >= 11 is 0. The molecule has 1 spiro atoms. The fourth-order valence-corrected chi connectivity index (χ4v) is 2.99. The second-order valence-electron chi connectivity index (χ2n) is 5.41. The number of ether oxygens (including phenoxy) is 2. The van der Waals surface area contributed by atoms with Crippen LogP contribution in [0.5, 0.6) is 0 Å². The molecule has 16 heavy (non-hydrogen) atoms. The Labute approximate surface area is 97.5 Å². The van der Waals surface area contributed by atoms with Gasteiger partial charge in [-0.05, 0) is 38.0 Å². The van der Waals surface area contributed by atoms with E-state index in [-0.39, 0.29) is 11.6 Å². The fraction of sp³-hybridized carbons (Fsp3) is 0.923. The van der Waals surface area contributed by atoms with Crippen LogP contribution in [0.2, 0.25) is 0 Å². The van der Waals surface area contributed by atoms with E-state index in [1.54, 1.807) is 0 Å². The lowest BCUT2D eigenvalue weighted by Crippen LogP contribution is -2.45. The van der Waals surface area contributed by atoms with Gasteiger partial charge in [-0.2, -0.15) is 0 Å². The summed E-state index contributed by atoms with van der Waals surface area (Å²) in [6.07, 6.45) is 2.78. The summed E-state index contributed by atoms with van der Waals surface area (Å²) < 4.78 is 10.9. The zero-order chi connectivity index (χ0) is 12.0. The first-order valence-corrected chi connectivity index (χ1v) is 6.38. The van der Waals surface area contributed by atoms with Crippen molar-refractivity contribution in [2.24, 2.45) is 11.8 Å². The predicted octanol–water partition coefficient (Wildman–Crippen LogP) is 2.53. The summed E-state index contributed by atoms with van der Waals surface area (Å²) in [4.78, 5) is 11.9. The van der Waals surface area contributed by atoms with Gasteiger partial charge in [0.25, 0.3) is 0 Å². The normalized spacial score (nSPS) is 40.9. The van der Waals surface area contributed by atoms with Crippen molar-refractivity contribution in [1.82, 2.24) is 0 Å². The van der Waals surface area contributed by atoms with E-state index in [1.807, 2.05) is 13.8 Å². The molecule has 1 aliphatic heterocycles. The highest BCUT2D eigenvalue weighted by Gasteiger charge is 2.78. The molecule has 1 aliphatic carbocycles. The number of hydrogen-bond donors (Lipinski definition) is 0. The molecule has 0 aromatic carbocycles. The van der Waals surface area contributed by atoms with Crippen molar-refractivity contribution >= 4 is 5.97 Å². The number of hydrogen-bond acceptors (Lipinski definition) is 3. The summed E-state index contributed by atoms with van der Waals surface area (Å²) in [5.41, 5.74) is -0.767. The van der Waals surface area contributed by atoms with Gasteiger partial charge in [-0.3, -0.25) is 0 Å². The third-order valence-electron chi connectivity index (χ3n) is 4.29. The van der Waals surface area contributed by atoms with E-state index < -0.39 is 5.60 Å². The molecule has 1 saturated carbocycles. The molecule has 0 radical (unpaired) electrons. The van der Waals surface area contributed by atoms with Gasteiger partial charge in [0, 0.05) is 0 Å². The quantitative estimate of drug-likeness (QED) is 0.546. The van der Waals surface area contributed by atoms with Crippen LogP contribution in [0, 0.1) is 11.8 Å². The number of carbonyl (C=O) groups excluding carboxylic acids is 1. The standard InChI is InChI=1S/C13H22O3/c1-5-13(11(14)15-6-2)12(16-13)7-10(8-12)9(3)4/h9-10H,5-8H2,1-4H3. The van der Waals surface area contributed by atoms with Crippen LogP contribution in [-0.2, 0) is 14.3 Å². The first-order valence-electron chi connectivity index (χ1n) is 6.38. The number of carbonyl (C=O) groups is 1. The third-order valence-corrected chi connectivity index (χ3v) is 4.29. The van der Waals surface area contributed by atoms with E-state index in [1.165, 1.54) is 0 Å². The van der Waals surface area contributed by atoms with E-state index in [0.717, 1.165) is 19.3 Å². The van der Waals surface area contributed by atoms with Crippen molar-refractivity contribution in [3.05, 3.63) is 0 Å². The average molecular weight is 226 g/mol. The first kappa shape index (κ1) is 11.9. The number of esters is 1. The molecule has 0 bridgehead atoms. The van der Waals surface area contributed by atoms with Crippen LogP contribution in [0.4, 0.5) is 0 Å². The molecule has 2 aliphatic rings. The largest absolute Gasteiger partial charge is 0.464 e. The van der Waals surface area contributed by atoms with Crippen molar-refractivity contribution in [2.45, 2.75) is 58.2 Å². The Kier molecular flexibility index (Phi) is 2.77. The molecule has 0 aromatic rings. The molecule has 0 aromatic heterocycles. The van der Waals surface area contributed by atoms with Crippen LogP contribution in [0.1, 0.15) is 47.0 Å². The Morgan fingerprint density at radius 1 is 1.44 bits per heavy atom. The van der Waals surface area contributed by atoms with Gasteiger partial charge in [-0.15, -0.1) is 0 Å². The fourth-order valence-electron chi connectivity index (χ4n) is 2.99. The minimum atomic E-state index is -0.603. The van der Waals surface area contributed by atoms with Gasteiger partial charge in [0.2, 0.25) is 0 Å². The Bertz CT molecular complexity index is 292. The molecule has 1 heterocycles. The number of epoxide rings is 1. The summed E-state index contributed by atoms with van der Waals surface area (Å²) in [5.74, 6) is 1.24. The highest BCUT2D eigenvalue weighted by Crippen LogP contribution is 2.65. The monoisotopic (exact) mass is 226 g/mol. The predicted molar refractivity (Wildman–Crippen MR) is 61.0 cm³/mol. The van der Waals surface area contributed by atoms with Crippen LogP contribution in [0.15, 0.2) is 0 Å². The molecule has 92 valence electrons. The molecule has 2 fully saturated rings. The van der Waals surface area contributed by atoms with Crippen LogP contribution >= 0.6 is 0 Å². The Morgan fingerprint density at radius 3 is 2.50 bits per heavy atom. The zero-order valence-electron chi connectivity index (χ0n) is 10.7. The molecule has 0 amide bonds. The molecule has 2 rings (SSSR count). The van der Waals surface area contributed by atoms with Crippen LogP contribution in [-0.4, -0.2) is 23.8 Å². The van der Waals surface area contributed by atoms with Gasteiger partial charge in [0.05, 0.1) is 6.61 Å². The highest BCUT2D eigenvalue weighted by molar-refractivity contribution is 5.85. The van der Waals surface area contributed by atoms with Crippen molar-refractivity contribution < 1.29 is 14.3 Å². The molecular formula is C13H22O3. The van der Waals surface area contributed by atoms with Gasteiger partial charge >= 0.3 is 5.97 Å². The smallest absolute Gasteiger partial charge is 0.341 e. The maximum Gasteiger partial charge on any atom is 0.341 e. The Hall–Kier alpha value is -0.570. The van der Waals surface area contributed by atoms with E-state index >= 15 is 0 Å². The minimum Gasteiger partial charge on any atom is -0.464 e. The van der Waals surface area contributed by atoms with E-state index in [4.69, 9.17) is 9.47 Å². The molecule has 1 saturated heterocycles. The summed E-state index contributed by atoms with van der Waals surface area (Å²) in [6.45, 7) is 8.76. The zero-order valence-corrected chi connectivity index (χ0v) is 10.7. The number of rotatable bonds is 4. The van der Waals surface area contributed by atoms with Crippen molar-refractivity contribution in [2.75, 3.05) is 6.61 Å². The molecule has 3 heteroatoms. The Morgan fingerprint density at radius 2 is 2.06 bits per heavy atom. The second-order valence-corrected chi connectivity index (χ2v) is 5.41. The third kappa shape index (κ3) is 1.41. The molecule has 1 unspecified atom stereocenters. The summed E-state index contributed by atoms with van der Waals surface area (Å²) in [7, 11) is 0. The van der Waals surface area contributed by atoms with Crippen molar-refractivity contribution in [3.63, 3.8) is 0 Å². The molecular weight excluding hydrogens is 204 g/mol. The first-order chi connectivity index (χ1) is 7.51. The maximum absolute atomic E-state index is 11.9. The lowest BCUT2D eigenvalue weighted by molar-refractivity contribution is -0.149. The lowest BCUT2D eigenvalue weighted by atomic mass is 9.64.